The molecule has 2 saturated carbocycles. The van der Waals surface area contributed by atoms with E-state index in [1.165, 1.54) is 76.2 Å². The zero-order valence-corrected chi connectivity index (χ0v) is 17.8. The lowest BCUT2D eigenvalue weighted by Gasteiger charge is -2.46. The van der Waals surface area contributed by atoms with Crippen LogP contribution in [0.2, 0.25) is 0 Å². The van der Waals surface area contributed by atoms with E-state index in [4.69, 9.17) is 4.74 Å². The fourth-order valence-electron chi connectivity index (χ4n) is 5.73. The summed E-state index contributed by atoms with van der Waals surface area (Å²) in [5.74, 6) is 2.47. The van der Waals surface area contributed by atoms with Crippen LogP contribution in [0.5, 0.6) is 5.75 Å². The number of rotatable bonds is 9. The van der Waals surface area contributed by atoms with Crippen molar-refractivity contribution in [2.45, 2.75) is 96.3 Å². The Labute approximate surface area is 171 Å². The van der Waals surface area contributed by atoms with Crippen molar-refractivity contribution in [1.29, 1.82) is 0 Å². The van der Waals surface area contributed by atoms with Gasteiger partial charge in [-0.2, -0.15) is 0 Å². The van der Waals surface area contributed by atoms with Gasteiger partial charge in [0.25, 0.3) is 0 Å². The molecule has 2 aliphatic rings. The summed E-state index contributed by atoms with van der Waals surface area (Å²) in [6.45, 7) is 3.05. The third-order valence-electron chi connectivity index (χ3n) is 7.42. The van der Waals surface area contributed by atoms with Crippen molar-refractivity contribution in [1.82, 2.24) is 0 Å². The molecule has 0 aliphatic heterocycles. The van der Waals surface area contributed by atoms with E-state index >= 15 is 0 Å². The van der Waals surface area contributed by atoms with Gasteiger partial charge in [-0.15, -0.1) is 0 Å². The topological polar surface area (TPSA) is 9.23 Å². The van der Waals surface area contributed by atoms with E-state index in [1.54, 1.807) is 6.08 Å². The Morgan fingerprint density at radius 2 is 1.71 bits per heavy atom. The normalized spacial score (nSPS) is 25.1. The van der Waals surface area contributed by atoms with Crippen LogP contribution in [0.3, 0.4) is 0 Å². The molecule has 0 unspecified atom stereocenters. The highest BCUT2D eigenvalue weighted by Gasteiger charge is 2.40. The summed E-state index contributed by atoms with van der Waals surface area (Å²) in [7, 11) is 0. The molecule has 2 heteroatoms. The van der Waals surface area contributed by atoms with Gasteiger partial charge < -0.3 is 4.74 Å². The van der Waals surface area contributed by atoms with E-state index < -0.39 is 0 Å². The third-order valence-corrected chi connectivity index (χ3v) is 7.42. The van der Waals surface area contributed by atoms with Crippen LogP contribution in [0.1, 0.15) is 102 Å². The zero-order chi connectivity index (χ0) is 19.7. The molecule has 28 heavy (non-hydrogen) atoms. The van der Waals surface area contributed by atoms with Crippen molar-refractivity contribution >= 4 is 0 Å². The molecule has 0 aromatic heterocycles. The van der Waals surface area contributed by atoms with Gasteiger partial charge in [0.05, 0.1) is 12.9 Å². The number of ether oxygens (including phenoxy) is 1. The molecular weight excluding hydrogens is 347 g/mol. The van der Waals surface area contributed by atoms with Gasteiger partial charge in [0, 0.05) is 0 Å². The Morgan fingerprint density at radius 1 is 1.00 bits per heavy atom. The average Bonchev–Trinajstić information content (AvgIpc) is 2.76. The fraction of sp³-hybridized carbons (Fsp3) is 0.692. The summed E-state index contributed by atoms with van der Waals surface area (Å²) >= 11 is 0. The maximum absolute atomic E-state index is 12.7. The smallest absolute Gasteiger partial charge is 0.119 e. The SMILES string of the molecule is CCCCCOc1ccc(C2CCC(C3(C/C=C/F)CCCCC3)CC2)cc1. The predicted molar refractivity (Wildman–Crippen MR) is 117 cm³/mol. The van der Waals surface area contributed by atoms with E-state index in [-0.39, 0.29) is 0 Å². The first-order valence-corrected chi connectivity index (χ1v) is 11.8. The fourth-order valence-corrected chi connectivity index (χ4v) is 5.73. The van der Waals surface area contributed by atoms with Gasteiger partial charge in [-0.1, -0.05) is 57.2 Å². The van der Waals surface area contributed by atoms with Gasteiger partial charge in [0.1, 0.15) is 5.75 Å². The molecule has 1 aromatic carbocycles. The minimum absolute atomic E-state index is 0.377. The predicted octanol–water partition coefficient (Wildman–Crippen LogP) is 8.35. The van der Waals surface area contributed by atoms with Crippen LogP contribution in [0, 0.1) is 11.3 Å². The molecule has 156 valence electrons. The van der Waals surface area contributed by atoms with Crippen LogP contribution in [0.4, 0.5) is 4.39 Å². The number of benzene rings is 1. The zero-order valence-electron chi connectivity index (χ0n) is 17.8. The van der Waals surface area contributed by atoms with Crippen molar-refractivity contribution in [3.05, 3.63) is 42.2 Å². The van der Waals surface area contributed by atoms with E-state index in [0.29, 0.717) is 11.3 Å². The lowest BCUT2D eigenvalue weighted by Crippen LogP contribution is -2.35. The minimum Gasteiger partial charge on any atom is -0.494 e. The quantitative estimate of drug-likeness (QED) is 0.387. The van der Waals surface area contributed by atoms with Gasteiger partial charge in [0.2, 0.25) is 0 Å². The summed E-state index contributed by atoms with van der Waals surface area (Å²) in [6, 6.07) is 8.87. The second kappa shape index (κ2) is 11.0. The molecule has 0 bridgehead atoms. The van der Waals surface area contributed by atoms with Crippen LogP contribution < -0.4 is 4.74 Å². The Hall–Kier alpha value is -1.31. The summed E-state index contributed by atoms with van der Waals surface area (Å²) in [4.78, 5) is 0. The molecule has 1 aromatic rings. The van der Waals surface area contributed by atoms with Gasteiger partial charge >= 0.3 is 0 Å². The number of unbranched alkanes of at least 4 members (excludes halogenated alkanes) is 2. The second-order valence-electron chi connectivity index (χ2n) is 9.16. The molecule has 0 amide bonds. The average molecular weight is 387 g/mol. The van der Waals surface area contributed by atoms with Gasteiger partial charge in [-0.3, -0.25) is 0 Å². The molecule has 0 atom stereocenters. The molecule has 0 saturated heterocycles. The maximum Gasteiger partial charge on any atom is 0.119 e. The van der Waals surface area contributed by atoms with Crippen molar-refractivity contribution in [2.75, 3.05) is 6.61 Å². The number of hydrogen-bond acceptors (Lipinski definition) is 1. The van der Waals surface area contributed by atoms with Crippen molar-refractivity contribution in [3.63, 3.8) is 0 Å². The highest BCUT2D eigenvalue weighted by Crippen LogP contribution is 2.52. The molecule has 0 radical (unpaired) electrons. The summed E-state index contributed by atoms with van der Waals surface area (Å²) in [5, 5.41) is 0. The lowest BCUT2D eigenvalue weighted by molar-refractivity contribution is 0.0654. The summed E-state index contributed by atoms with van der Waals surface area (Å²) in [5.41, 5.74) is 1.85. The Morgan fingerprint density at radius 3 is 2.36 bits per heavy atom. The van der Waals surface area contributed by atoms with Crippen LogP contribution in [-0.4, -0.2) is 6.61 Å². The highest BCUT2D eigenvalue weighted by molar-refractivity contribution is 5.29. The van der Waals surface area contributed by atoms with Crippen LogP contribution in [0.25, 0.3) is 0 Å². The van der Waals surface area contributed by atoms with Crippen molar-refractivity contribution in [2.24, 2.45) is 11.3 Å². The van der Waals surface area contributed by atoms with Crippen molar-refractivity contribution in [3.8, 4) is 5.75 Å². The molecule has 2 fully saturated rings. The lowest BCUT2D eigenvalue weighted by atomic mass is 9.59. The monoisotopic (exact) mass is 386 g/mol. The molecule has 2 aliphatic carbocycles. The molecule has 3 rings (SSSR count). The van der Waals surface area contributed by atoms with Gasteiger partial charge in [0.15, 0.2) is 0 Å². The van der Waals surface area contributed by atoms with Crippen LogP contribution in [0.15, 0.2) is 36.7 Å². The minimum atomic E-state index is 0.377. The molecule has 1 nitrogen and oxygen atoms in total. The standard InChI is InChI=1S/C26H39FO/c1-2-3-7-21-28-25-15-11-23(12-16-25)22-9-13-24(14-10-22)26(19-8-20-27)17-5-4-6-18-26/h8,11-12,15-16,20,22,24H,2-7,9-10,13-14,17-19,21H2,1H3/b20-8+. The van der Waals surface area contributed by atoms with Gasteiger partial charge in [-0.05, 0) is 86.3 Å². The second-order valence-corrected chi connectivity index (χ2v) is 9.16. The summed E-state index contributed by atoms with van der Waals surface area (Å²) in [6.07, 6.45) is 18.9. The van der Waals surface area contributed by atoms with E-state index in [1.807, 2.05) is 0 Å². The number of allylic oxidation sites excluding steroid dienone is 1. The van der Waals surface area contributed by atoms with Gasteiger partial charge in [-0.25, -0.2) is 4.39 Å². The third kappa shape index (κ3) is 5.61. The highest BCUT2D eigenvalue weighted by atomic mass is 19.1. The Balaban J connectivity index is 1.52. The van der Waals surface area contributed by atoms with E-state index in [0.717, 1.165) is 37.4 Å². The van der Waals surface area contributed by atoms with Crippen LogP contribution >= 0.6 is 0 Å². The molecule has 0 N–H and O–H groups in total. The Bertz CT molecular complexity index is 577. The maximum atomic E-state index is 12.7. The Kier molecular flexibility index (Phi) is 8.43. The molecule has 0 spiro atoms. The first-order valence-electron chi connectivity index (χ1n) is 11.8. The molecular formula is C26H39FO. The van der Waals surface area contributed by atoms with E-state index in [9.17, 15) is 4.39 Å². The first-order chi connectivity index (χ1) is 13.8. The molecule has 0 heterocycles. The number of hydrogen-bond donors (Lipinski definition) is 0. The van der Waals surface area contributed by atoms with Crippen LogP contribution in [-0.2, 0) is 0 Å². The largest absolute Gasteiger partial charge is 0.494 e. The van der Waals surface area contributed by atoms with Crippen molar-refractivity contribution < 1.29 is 9.13 Å². The number of halogens is 1. The summed E-state index contributed by atoms with van der Waals surface area (Å²) < 4.78 is 18.6. The van der Waals surface area contributed by atoms with E-state index in [2.05, 4.69) is 31.2 Å². The first kappa shape index (κ1) is 21.4.